The Morgan fingerprint density at radius 1 is 1.33 bits per heavy atom. The molecule has 0 aliphatic carbocycles. The summed E-state index contributed by atoms with van der Waals surface area (Å²) in [5, 5.41) is 4.25. The molecule has 2 heterocycles. The van der Waals surface area contributed by atoms with Gasteiger partial charge in [0.1, 0.15) is 17.1 Å². The van der Waals surface area contributed by atoms with E-state index in [1.165, 1.54) is 0 Å². The van der Waals surface area contributed by atoms with Crippen LogP contribution < -0.4 is 10.3 Å². The second-order valence-electron chi connectivity index (χ2n) is 4.75. The topological polar surface area (TPSA) is 72.8 Å². The van der Waals surface area contributed by atoms with E-state index in [4.69, 9.17) is 4.74 Å². The summed E-state index contributed by atoms with van der Waals surface area (Å²) in [5.41, 5.74) is 2.38. The highest BCUT2D eigenvalue weighted by molar-refractivity contribution is 5.79. The average molecular weight is 284 g/mol. The molecule has 1 N–H and O–H groups in total. The zero-order valence-corrected chi connectivity index (χ0v) is 12.2. The zero-order chi connectivity index (χ0) is 15.0. The van der Waals surface area contributed by atoms with Gasteiger partial charge in [-0.1, -0.05) is 12.1 Å². The van der Waals surface area contributed by atoms with E-state index >= 15 is 0 Å². The molecule has 3 rings (SSSR count). The molecule has 0 aliphatic heterocycles. The van der Waals surface area contributed by atoms with Gasteiger partial charge < -0.3 is 9.72 Å². The highest BCUT2D eigenvalue weighted by Gasteiger charge is 2.15. The SMILES string of the molecule is CCOc1ccccc1-c1nc2c(C)nn(C)c2c(=O)[nH]1. The van der Waals surface area contributed by atoms with Crippen LogP contribution in [0.15, 0.2) is 29.1 Å². The van der Waals surface area contributed by atoms with Gasteiger partial charge in [0.15, 0.2) is 5.52 Å². The smallest absolute Gasteiger partial charge is 0.277 e. The van der Waals surface area contributed by atoms with Crippen LogP contribution in [-0.2, 0) is 7.05 Å². The maximum atomic E-state index is 12.3. The Morgan fingerprint density at radius 2 is 2.10 bits per heavy atom. The lowest BCUT2D eigenvalue weighted by Crippen LogP contribution is -2.12. The number of rotatable bonds is 3. The molecule has 6 nitrogen and oxygen atoms in total. The summed E-state index contributed by atoms with van der Waals surface area (Å²) in [6.45, 7) is 4.31. The van der Waals surface area contributed by atoms with Crippen LogP contribution in [0.1, 0.15) is 12.6 Å². The molecule has 3 aromatic rings. The monoisotopic (exact) mass is 284 g/mol. The molecule has 6 heteroatoms. The molecule has 0 radical (unpaired) electrons. The average Bonchev–Trinajstić information content (AvgIpc) is 2.75. The summed E-state index contributed by atoms with van der Waals surface area (Å²) in [7, 11) is 1.74. The lowest BCUT2D eigenvalue weighted by molar-refractivity contribution is 0.341. The highest BCUT2D eigenvalue weighted by atomic mass is 16.5. The Labute approximate surface area is 121 Å². The van der Waals surface area contributed by atoms with Crippen molar-refractivity contribution in [1.82, 2.24) is 19.7 Å². The van der Waals surface area contributed by atoms with Gasteiger partial charge in [0, 0.05) is 7.05 Å². The lowest BCUT2D eigenvalue weighted by Gasteiger charge is -2.09. The first-order valence-corrected chi connectivity index (χ1v) is 6.77. The van der Waals surface area contributed by atoms with Crippen molar-refractivity contribution in [3.63, 3.8) is 0 Å². The van der Waals surface area contributed by atoms with E-state index in [0.29, 0.717) is 29.2 Å². The Bertz CT molecular complexity index is 864. The minimum Gasteiger partial charge on any atom is -0.493 e. The van der Waals surface area contributed by atoms with Crippen LogP contribution in [0, 0.1) is 6.92 Å². The third-order valence-electron chi connectivity index (χ3n) is 3.30. The number of aromatic nitrogens is 4. The maximum Gasteiger partial charge on any atom is 0.277 e. The molecule has 0 amide bonds. The number of hydrogen-bond donors (Lipinski definition) is 1. The zero-order valence-electron chi connectivity index (χ0n) is 12.2. The fourth-order valence-electron chi connectivity index (χ4n) is 2.41. The predicted molar refractivity (Wildman–Crippen MR) is 80.5 cm³/mol. The van der Waals surface area contributed by atoms with Gasteiger partial charge in [-0.15, -0.1) is 0 Å². The molecule has 0 atom stereocenters. The molecule has 0 aliphatic rings. The number of fused-ring (bicyclic) bond motifs is 1. The molecule has 0 saturated carbocycles. The molecule has 1 aromatic carbocycles. The van der Waals surface area contributed by atoms with Crippen molar-refractivity contribution < 1.29 is 4.74 Å². The number of hydrogen-bond acceptors (Lipinski definition) is 4. The number of aromatic amines is 1. The fourth-order valence-corrected chi connectivity index (χ4v) is 2.41. The third kappa shape index (κ3) is 2.18. The molecular formula is C15H16N4O2. The van der Waals surface area contributed by atoms with Crippen molar-refractivity contribution in [3.05, 3.63) is 40.3 Å². The summed E-state index contributed by atoms with van der Waals surface area (Å²) in [5.74, 6) is 1.19. The van der Waals surface area contributed by atoms with E-state index in [9.17, 15) is 4.79 Å². The van der Waals surface area contributed by atoms with Crippen LogP contribution in [0.3, 0.4) is 0 Å². The number of H-pyrrole nitrogens is 1. The van der Waals surface area contributed by atoms with E-state index in [1.807, 2.05) is 38.1 Å². The quantitative estimate of drug-likeness (QED) is 0.798. The highest BCUT2D eigenvalue weighted by Crippen LogP contribution is 2.27. The van der Waals surface area contributed by atoms with Gasteiger partial charge in [-0.25, -0.2) is 4.98 Å². The molecule has 0 spiro atoms. The number of nitrogens with one attached hydrogen (secondary N) is 1. The molecule has 0 fully saturated rings. The van der Waals surface area contributed by atoms with Crippen LogP contribution in [0.4, 0.5) is 0 Å². The van der Waals surface area contributed by atoms with Gasteiger partial charge in [0.05, 0.1) is 17.9 Å². The molecule has 108 valence electrons. The second kappa shape index (κ2) is 5.05. The minimum atomic E-state index is -0.204. The van der Waals surface area contributed by atoms with Gasteiger partial charge in [0.2, 0.25) is 0 Å². The van der Waals surface area contributed by atoms with Crippen molar-refractivity contribution in [2.24, 2.45) is 7.05 Å². The number of aryl methyl sites for hydroxylation is 2. The van der Waals surface area contributed by atoms with Crippen LogP contribution in [0.5, 0.6) is 5.75 Å². The van der Waals surface area contributed by atoms with Crippen molar-refractivity contribution in [2.75, 3.05) is 6.61 Å². The summed E-state index contributed by atoms with van der Waals surface area (Å²) >= 11 is 0. The number of nitrogens with zero attached hydrogens (tertiary/aromatic N) is 3. The number of ether oxygens (including phenoxy) is 1. The second-order valence-corrected chi connectivity index (χ2v) is 4.75. The Morgan fingerprint density at radius 3 is 2.86 bits per heavy atom. The summed E-state index contributed by atoms with van der Waals surface area (Å²) in [6.07, 6.45) is 0. The first kappa shape index (κ1) is 13.4. The summed E-state index contributed by atoms with van der Waals surface area (Å²) in [4.78, 5) is 19.6. The van der Waals surface area contributed by atoms with E-state index in [2.05, 4.69) is 15.1 Å². The van der Waals surface area contributed by atoms with Gasteiger partial charge in [-0.2, -0.15) is 5.10 Å². The first-order chi connectivity index (χ1) is 10.1. The minimum absolute atomic E-state index is 0.204. The molecular weight excluding hydrogens is 268 g/mol. The van der Waals surface area contributed by atoms with Crippen molar-refractivity contribution in [1.29, 1.82) is 0 Å². The largest absolute Gasteiger partial charge is 0.493 e. The van der Waals surface area contributed by atoms with Gasteiger partial charge in [0.25, 0.3) is 5.56 Å². The van der Waals surface area contributed by atoms with Crippen LogP contribution >= 0.6 is 0 Å². The van der Waals surface area contributed by atoms with E-state index in [0.717, 1.165) is 11.3 Å². The Kier molecular flexibility index (Phi) is 3.21. The molecule has 0 unspecified atom stereocenters. The normalized spacial score (nSPS) is 11.0. The van der Waals surface area contributed by atoms with Crippen molar-refractivity contribution in [2.45, 2.75) is 13.8 Å². The van der Waals surface area contributed by atoms with Crippen molar-refractivity contribution >= 4 is 11.0 Å². The van der Waals surface area contributed by atoms with Gasteiger partial charge in [-0.05, 0) is 26.0 Å². The number of benzene rings is 1. The van der Waals surface area contributed by atoms with Crippen molar-refractivity contribution in [3.8, 4) is 17.1 Å². The predicted octanol–water partition coefficient (Wildman–Crippen LogP) is 2.03. The summed E-state index contributed by atoms with van der Waals surface area (Å²) in [6, 6.07) is 7.51. The van der Waals surface area contributed by atoms with E-state index in [-0.39, 0.29) is 5.56 Å². The van der Waals surface area contributed by atoms with Gasteiger partial charge in [-0.3, -0.25) is 9.48 Å². The number of para-hydroxylation sites is 1. The van der Waals surface area contributed by atoms with Crippen LogP contribution in [0.2, 0.25) is 0 Å². The Balaban J connectivity index is 2.27. The first-order valence-electron chi connectivity index (χ1n) is 6.77. The molecule has 0 bridgehead atoms. The van der Waals surface area contributed by atoms with Gasteiger partial charge >= 0.3 is 0 Å². The van der Waals surface area contributed by atoms with E-state index in [1.54, 1.807) is 11.7 Å². The fraction of sp³-hybridized carbons (Fsp3) is 0.267. The molecule has 21 heavy (non-hydrogen) atoms. The third-order valence-corrected chi connectivity index (χ3v) is 3.30. The van der Waals surface area contributed by atoms with Crippen LogP contribution in [-0.4, -0.2) is 26.4 Å². The summed E-state index contributed by atoms with van der Waals surface area (Å²) < 4.78 is 7.15. The Hall–Kier alpha value is -2.63. The van der Waals surface area contributed by atoms with Crippen LogP contribution in [0.25, 0.3) is 22.4 Å². The lowest BCUT2D eigenvalue weighted by atomic mass is 10.2. The maximum absolute atomic E-state index is 12.3. The van der Waals surface area contributed by atoms with E-state index < -0.39 is 0 Å². The molecule has 0 saturated heterocycles. The molecule has 2 aromatic heterocycles. The standard InChI is InChI=1S/C15H16N4O2/c1-4-21-11-8-6-5-7-10(11)14-16-12-9(2)18-19(3)13(12)15(20)17-14/h5-8H,4H2,1-3H3,(H,16,17,20).